The fourth-order valence-electron chi connectivity index (χ4n) is 2.98. The molecule has 0 atom stereocenters. The summed E-state index contributed by atoms with van der Waals surface area (Å²) in [5.41, 5.74) is 2.24. The van der Waals surface area contributed by atoms with E-state index in [1.54, 1.807) is 38.1 Å². The molecule has 1 aliphatic rings. The maximum atomic E-state index is 12.7. The molecule has 0 N–H and O–H groups in total. The zero-order valence-electron chi connectivity index (χ0n) is 17.3. The van der Waals surface area contributed by atoms with Gasteiger partial charge in [-0.05, 0) is 39.8 Å². The highest BCUT2D eigenvalue weighted by Gasteiger charge is 2.36. The molecule has 0 fully saturated rings. The van der Waals surface area contributed by atoms with E-state index in [1.807, 2.05) is 31.2 Å². The summed E-state index contributed by atoms with van der Waals surface area (Å²) in [5.74, 6) is -2.50. The molecule has 2 rings (SSSR count). The maximum Gasteiger partial charge on any atom is 0.336 e. The van der Waals surface area contributed by atoms with E-state index in [1.165, 1.54) is 0 Å². The van der Waals surface area contributed by atoms with Gasteiger partial charge in [0.05, 0.1) is 37.4 Å². The van der Waals surface area contributed by atoms with Gasteiger partial charge in [0.25, 0.3) is 0 Å². The fraction of sp³-hybridized carbons (Fsp3) is 0.409. The first-order chi connectivity index (χ1) is 13.9. The topological polar surface area (TPSA) is 82.1 Å². The molecule has 0 aliphatic carbocycles. The minimum atomic E-state index is -0.811. The van der Waals surface area contributed by atoms with Gasteiger partial charge in [-0.3, -0.25) is 4.79 Å². The van der Waals surface area contributed by atoms with Crippen LogP contribution in [0.2, 0.25) is 0 Å². The number of ether oxygens (including phenoxy) is 3. The molecule has 0 spiro atoms. The van der Waals surface area contributed by atoms with Crippen LogP contribution >= 0.6 is 0 Å². The zero-order valence-corrected chi connectivity index (χ0v) is 17.3. The summed E-state index contributed by atoms with van der Waals surface area (Å²) in [7, 11) is 0. The molecule has 0 saturated heterocycles. The number of carbonyl (C=O) groups is 3. The van der Waals surface area contributed by atoms with Crippen LogP contribution in [-0.2, 0) is 28.6 Å². The van der Waals surface area contributed by atoms with E-state index in [2.05, 4.69) is 0 Å². The van der Waals surface area contributed by atoms with Crippen molar-refractivity contribution in [2.75, 3.05) is 24.7 Å². The number of carbonyl (C=O) groups excluding carboxylic acids is 3. The monoisotopic (exact) mass is 401 g/mol. The molecule has 0 saturated carbocycles. The van der Waals surface area contributed by atoms with Crippen LogP contribution in [0.4, 0.5) is 5.69 Å². The van der Waals surface area contributed by atoms with Crippen LogP contribution in [0, 0.1) is 12.8 Å². The molecule has 1 aliphatic heterocycles. The normalized spacial score (nSPS) is 14.0. The van der Waals surface area contributed by atoms with Crippen molar-refractivity contribution in [3.63, 3.8) is 0 Å². The number of rotatable bonds is 8. The van der Waals surface area contributed by atoms with Crippen LogP contribution < -0.4 is 4.90 Å². The standard InChI is InChI=1S/C22H27NO6/c1-5-27-20(24)12-17-18(21(25)28-6-2)13-23(14-19(17)22(26)29-7-3)16-10-8-15(4)9-11-16/h8-11,13-14,17H,5-7,12H2,1-4H3. The molecule has 29 heavy (non-hydrogen) atoms. The number of hydrogen-bond acceptors (Lipinski definition) is 7. The third-order valence-electron chi connectivity index (χ3n) is 4.34. The highest BCUT2D eigenvalue weighted by atomic mass is 16.5. The highest BCUT2D eigenvalue weighted by Crippen LogP contribution is 2.34. The number of benzene rings is 1. The Hall–Kier alpha value is -3.09. The minimum Gasteiger partial charge on any atom is -0.466 e. The minimum absolute atomic E-state index is 0.162. The molecule has 7 nitrogen and oxygen atoms in total. The molecule has 7 heteroatoms. The van der Waals surface area contributed by atoms with E-state index in [4.69, 9.17) is 14.2 Å². The first-order valence-corrected chi connectivity index (χ1v) is 9.69. The molecule has 1 aromatic carbocycles. The third kappa shape index (κ3) is 5.70. The quantitative estimate of drug-likeness (QED) is 0.488. The SMILES string of the molecule is CCOC(=O)CC1C(C(=O)OCC)=CN(c2ccc(C)cc2)C=C1C(=O)OCC. The average Bonchev–Trinajstić information content (AvgIpc) is 2.69. The van der Waals surface area contributed by atoms with Crippen molar-refractivity contribution < 1.29 is 28.6 Å². The smallest absolute Gasteiger partial charge is 0.336 e. The summed E-state index contributed by atoms with van der Waals surface area (Å²) >= 11 is 0. The number of aryl methyl sites for hydroxylation is 1. The number of nitrogens with zero attached hydrogens (tertiary/aromatic N) is 1. The van der Waals surface area contributed by atoms with E-state index in [0.717, 1.165) is 11.3 Å². The van der Waals surface area contributed by atoms with Gasteiger partial charge in [0, 0.05) is 24.0 Å². The van der Waals surface area contributed by atoms with Crippen molar-refractivity contribution in [2.45, 2.75) is 34.1 Å². The first-order valence-electron chi connectivity index (χ1n) is 9.69. The Kier molecular flexibility index (Phi) is 8.00. The second kappa shape index (κ2) is 10.5. The van der Waals surface area contributed by atoms with Crippen molar-refractivity contribution in [1.82, 2.24) is 0 Å². The Bertz CT molecular complexity index is 773. The molecule has 0 radical (unpaired) electrons. The molecular formula is C22H27NO6. The average molecular weight is 401 g/mol. The van der Waals surface area contributed by atoms with Crippen molar-refractivity contribution in [1.29, 1.82) is 0 Å². The van der Waals surface area contributed by atoms with Gasteiger partial charge >= 0.3 is 17.9 Å². The molecule has 0 aromatic heterocycles. The van der Waals surface area contributed by atoms with Gasteiger partial charge in [-0.15, -0.1) is 0 Å². The molecule has 0 bridgehead atoms. The van der Waals surface area contributed by atoms with Crippen molar-refractivity contribution in [3.05, 3.63) is 53.4 Å². The third-order valence-corrected chi connectivity index (χ3v) is 4.34. The first kappa shape index (κ1) is 22.2. The molecule has 0 unspecified atom stereocenters. The lowest BCUT2D eigenvalue weighted by Gasteiger charge is -2.29. The summed E-state index contributed by atoms with van der Waals surface area (Å²) in [5, 5.41) is 0. The fourth-order valence-corrected chi connectivity index (χ4v) is 2.98. The van der Waals surface area contributed by atoms with E-state index < -0.39 is 23.8 Å². The Balaban J connectivity index is 2.51. The van der Waals surface area contributed by atoms with E-state index in [0.29, 0.717) is 0 Å². The van der Waals surface area contributed by atoms with Gasteiger partial charge in [-0.25, -0.2) is 9.59 Å². The van der Waals surface area contributed by atoms with E-state index >= 15 is 0 Å². The predicted octanol–water partition coefficient (Wildman–Crippen LogP) is 3.28. The van der Waals surface area contributed by atoms with Crippen molar-refractivity contribution in [2.24, 2.45) is 5.92 Å². The Labute approximate surface area is 170 Å². The van der Waals surface area contributed by atoms with Gasteiger partial charge in [0.2, 0.25) is 0 Å². The Morgan fingerprint density at radius 2 is 1.31 bits per heavy atom. The Morgan fingerprint density at radius 3 is 1.76 bits per heavy atom. The molecule has 0 amide bonds. The zero-order chi connectivity index (χ0) is 21.4. The Morgan fingerprint density at radius 1 is 0.828 bits per heavy atom. The summed E-state index contributed by atoms with van der Waals surface area (Å²) in [6, 6.07) is 7.60. The summed E-state index contributed by atoms with van der Waals surface area (Å²) in [6.07, 6.45) is 3.02. The molecule has 1 heterocycles. The van der Waals surface area contributed by atoms with Crippen LogP contribution in [-0.4, -0.2) is 37.7 Å². The number of esters is 3. The molecule has 156 valence electrons. The van der Waals surface area contributed by atoms with Crippen LogP contribution in [0.5, 0.6) is 0 Å². The number of anilines is 1. The molecule has 1 aromatic rings. The summed E-state index contributed by atoms with van der Waals surface area (Å²) < 4.78 is 15.4. The summed E-state index contributed by atoms with van der Waals surface area (Å²) in [6.45, 7) is 7.61. The van der Waals surface area contributed by atoms with E-state index in [9.17, 15) is 14.4 Å². The second-order valence-corrected chi connectivity index (χ2v) is 6.41. The lowest BCUT2D eigenvalue weighted by Crippen LogP contribution is -2.32. The van der Waals surface area contributed by atoms with Gasteiger partial charge < -0.3 is 19.1 Å². The number of hydrogen-bond donors (Lipinski definition) is 0. The van der Waals surface area contributed by atoms with Crippen molar-refractivity contribution >= 4 is 23.6 Å². The summed E-state index contributed by atoms with van der Waals surface area (Å²) in [4.78, 5) is 39.1. The largest absolute Gasteiger partial charge is 0.466 e. The maximum absolute atomic E-state index is 12.7. The lowest BCUT2D eigenvalue weighted by molar-refractivity contribution is -0.144. The molecular weight excluding hydrogens is 374 g/mol. The van der Waals surface area contributed by atoms with Crippen molar-refractivity contribution in [3.8, 4) is 0 Å². The van der Waals surface area contributed by atoms with Gasteiger partial charge in [-0.2, -0.15) is 0 Å². The highest BCUT2D eigenvalue weighted by molar-refractivity contribution is 5.99. The lowest BCUT2D eigenvalue weighted by atomic mass is 9.86. The van der Waals surface area contributed by atoms with Gasteiger partial charge in [0.15, 0.2) is 0 Å². The van der Waals surface area contributed by atoms with E-state index in [-0.39, 0.29) is 37.4 Å². The van der Waals surface area contributed by atoms with Crippen LogP contribution in [0.15, 0.2) is 47.8 Å². The van der Waals surface area contributed by atoms with Gasteiger partial charge in [-0.1, -0.05) is 17.7 Å². The van der Waals surface area contributed by atoms with Crippen LogP contribution in [0.25, 0.3) is 0 Å². The van der Waals surface area contributed by atoms with Crippen LogP contribution in [0.3, 0.4) is 0 Å². The second-order valence-electron chi connectivity index (χ2n) is 6.41. The predicted molar refractivity (Wildman–Crippen MR) is 108 cm³/mol. The van der Waals surface area contributed by atoms with Crippen LogP contribution in [0.1, 0.15) is 32.8 Å². The van der Waals surface area contributed by atoms with Gasteiger partial charge in [0.1, 0.15) is 0 Å².